The first-order chi connectivity index (χ1) is 13.1. The molecule has 0 aromatic carbocycles. The van der Waals surface area contributed by atoms with Crippen LogP contribution in [0.4, 0.5) is 0 Å². The van der Waals surface area contributed by atoms with E-state index in [1.165, 1.54) is 0 Å². The molecular weight excluding hydrogens is 342 g/mol. The lowest BCUT2D eigenvalue weighted by Gasteiger charge is -2.34. The van der Waals surface area contributed by atoms with E-state index in [2.05, 4.69) is 4.98 Å². The van der Waals surface area contributed by atoms with E-state index in [-0.39, 0.29) is 23.4 Å². The second-order valence-corrected chi connectivity index (χ2v) is 7.68. The number of aryl methyl sites for hydroxylation is 1. The molecule has 1 unspecified atom stereocenters. The summed E-state index contributed by atoms with van der Waals surface area (Å²) in [5, 5.41) is 10.6. The topological polar surface area (TPSA) is 75.4 Å². The first-order valence-corrected chi connectivity index (χ1v) is 9.65. The molecule has 4 rings (SSSR count). The summed E-state index contributed by atoms with van der Waals surface area (Å²) in [4.78, 5) is 31.6. The number of nitrogens with zero attached hydrogens (tertiary/aromatic N) is 3. The predicted molar refractivity (Wildman–Crippen MR) is 102 cm³/mol. The van der Waals surface area contributed by atoms with Gasteiger partial charge >= 0.3 is 0 Å². The van der Waals surface area contributed by atoms with Gasteiger partial charge in [0.15, 0.2) is 0 Å². The Morgan fingerprint density at radius 1 is 1.22 bits per heavy atom. The minimum atomic E-state index is -0.568. The second kappa shape index (κ2) is 7.27. The Hall–Kier alpha value is -2.47. The van der Waals surface area contributed by atoms with E-state index in [1.807, 2.05) is 31.3 Å². The van der Waals surface area contributed by atoms with Crippen LogP contribution in [-0.4, -0.2) is 38.6 Å². The number of amides is 1. The first kappa shape index (κ1) is 17.9. The van der Waals surface area contributed by atoms with Gasteiger partial charge in [-0.25, -0.2) is 0 Å². The van der Waals surface area contributed by atoms with E-state index >= 15 is 0 Å². The Labute approximate surface area is 158 Å². The molecule has 6 heteroatoms. The summed E-state index contributed by atoms with van der Waals surface area (Å²) in [6.45, 7) is 2.93. The van der Waals surface area contributed by atoms with Crippen LogP contribution in [0.5, 0.6) is 0 Å². The van der Waals surface area contributed by atoms with Crippen LogP contribution in [0.3, 0.4) is 0 Å². The third-order valence-corrected chi connectivity index (χ3v) is 5.78. The number of pyridine rings is 2. The molecule has 0 bridgehead atoms. The minimum Gasteiger partial charge on any atom is -0.388 e. The van der Waals surface area contributed by atoms with E-state index in [0.717, 1.165) is 24.0 Å². The third-order valence-electron chi connectivity index (χ3n) is 5.78. The molecule has 2 aromatic heterocycles. The average Bonchev–Trinajstić information content (AvgIpc) is 3.53. The van der Waals surface area contributed by atoms with Crippen molar-refractivity contribution in [3.8, 4) is 0 Å². The second-order valence-electron chi connectivity index (χ2n) is 7.68. The summed E-state index contributed by atoms with van der Waals surface area (Å²) in [6.07, 6.45) is 8.06. The highest BCUT2D eigenvalue weighted by Crippen LogP contribution is 2.34. The molecule has 2 fully saturated rings. The number of aromatic nitrogens is 2. The summed E-state index contributed by atoms with van der Waals surface area (Å²) in [7, 11) is 0. The van der Waals surface area contributed by atoms with Gasteiger partial charge in [0.2, 0.25) is 0 Å². The minimum absolute atomic E-state index is 0.0956. The Balaban J connectivity index is 1.46. The van der Waals surface area contributed by atoms with Gasteiger partial charge in [0.1, 0.15) is 5.56 Å². The molecular formula is C21H25N3O3. The number of rotatable bonds is 4. The zero-order chi connectivity index (χ0) is 19.0. The number of carbonyl (C=O) groups is 1. The molecule has 1 amide bonds. The van der Waals surface area contributed by atoms with Crippen LogP contribution in [0.2, 0.25) is 0 Å². The molecule has 1 atom stereocenters. The van der Waals surface area contributed by atoms with Crippen molar-refractivity contribution in [1.29, 1.82) is 0 Å². The van der Waals surface area contributed by atoms with Gasteiger partial charge in [-0.15, -0.1) is 0 Å². The van der Waals surface area contributed by atoms with Gasteiger partial charge in [-0.1, -0.05) is 6.07 Å². The van der Waals surface area contributed by atoms with Crippen molar-refractivity contribution in [2.75, 3.05) is 13.1 Å². The maximum Gasteiger partial charge on any atom is 0.263 e. The SMILES string of the molecule is Cc1ccn(C2CC2)c(=O)c1C(=O)N1CCC(C(O)c2cccnc2)CC1. The van der Waals surface area contributed by atoms with Crippen molar-refractivity contribution in [2.45, 2.75) is 44.8 Å². The Morgan fingerprint density at radius 3 is 2.59 bits per heavy atom. The highest BCUT2D eigenvalue weighted by atomic mass is 16.3. The van der Waals surface area contributed by atoms with Crippen LogP contribution >= 0.6 is 0 Å². The van der Waals surface area contributed by atoms with Gasteiger partial charge in [0.25, 0.3) is 11.5 Å². The third kappa shape index (κ3) is 3.54. The Bertz CT molecular complexity index is 881. The van der Waals surface area contributed by atoms with E-state index in [9.17, 15) is 14.7 Å². The molecule has 3 heterocycles. The van der Waals surface area contributed by atoms with E-state index in [0.29, 0.717) is 31.5 Å². The lowest BCUT2D eigenvalue weighted by atomic mass is 9.88. The molecule has 6 nitrogen and oxygen atoms in total. The maximum absolute atomic E-state index is 13.0. The smallest absolute Gasteiger partial charge is 0.263 e. The van der Waals surface area contributed by atoms with Crippen LogP contribution in [0.1, 0.15) is 59.3 Å². The molecule has 1 saturated heterocycles. The highest BCUT2D eigenvalue weighted by molar-refractivity contribution is 5.95. The molecule has 1 aliphatic heterocycles. The van der Waals surface area contributed by atoms with Gasteiger partial charge in [-0.2, -0.15) is 0 Å². The molecule has 0 spiro atoms. The first-order valence-electron chi connectivity index (χ1n) is 9.65. The van der Waals surface area contributed by atoms with Crippen molar-refractivity contribution >= 4 is 5.91 Å². The number of aliphatic hydroxyl groups is 1. The lowest BCUT2D eigenvalue weighted by Crippen LogP contribution is -2.42. The van der Waals surface area contributed by atoms with E-state index < -0.39 is 6.10 Å². The van der Waals surface area contributed by atoms with E-state index in [4.69, 9.17) is 0 Å². The molecule has 1 N–H and O–H groups in total. The van der Waals surface area contributed by atoms with Gasteiger partial charge in [-0.3, -0.25) is 14.6 Å². The van der Waals surface area contributed by atoms with Crippen molar-refractivity contribution in [1.82, 2.24) is 14.5 Å². The fraction of sp³-hybridized carbons (Fsp3) is 0.476. The van der Waals surface area contributed by atoms with Crippen LogP contribution in [0, 0.1) is 12.8 Å². The molecule has 2 aromatic rings. The average molecular weight is 367 g/mol. The van der Waals surface area contributed by atoms with Crippen molar-refractivity contribution in [3.05, 3.63) is 63.8 Å². The van der Waals surface area contributed by atoms with Crippen molar-refractivity contribution in [2.24, 2.45) is 5.92 Å². The van der Waals surface area contributed by atoms with Crippen LogP contribution < -0.4 is 5.56 Å². The summed E-state index contributed by atoms with van der Waals surface area (Å²) in [5.74, 6) is -0.0833. The van der Waals surface area contributed by atoms with Gasteiger partial charge < -0.3 is 14.6 Å². The predicted octanol–water partition coefficient (Wildman–Crippen LogP) is 2.47. The molecule has 1 aliphatic carbocycles. The maximum atomic E-state index is 13.0. The number of aliphatic hydroxyl groups excluding tert-OH is 1. The lowest BCUT2D eigenvalue weighted by molar-refractivity contribution is 0.0459. The van der Waals surface area contributed by atoms with E-state index in [1.54, 1.807) is 21.9 Å². The fourth-order valence-electron chi connectivity index (χ4n) is 3.94. The normalized spacial score (nSPS) is 19.1. The largest absolute Gasteiger partial charge is 0.388 e. The number of hydrogen-bond donors (Lipinski definition) is 1. The highest BCUT2D eigenvalue weighted by Gasteiger charge is 2.32. The van der Waals surface area contributed by atoms with Crippen molar-refractivity contribution < 1.29 is 9.90 Å². The number of carbonyl (C=O) groups excluding carboxylic acids is 1. The van der Waals surface area contributed by atoms with Crippen molar-refractivity contribution in [3.63, 3.8) is 0 Å². The molecule has 142 valence electrons. The summed E-state index contributed by atoms with van der Waals surface area (Å²) in [5.41, 5.74) is 1.68. The Kier molecular flexibility index (Phi) is 4.83. The van der Waals surface area contributed by atoms with Crippen LogP contribution in [0.25, 0.3) is 0 Å². The molecule has 2 aliphatic rings. The van der Waals surface area contributed by atoms with Gasteiger partial charge in [0, 0.05) is 37.7 Å². The standard InChI is InChI=1S/C21H25N3O3/c1-14-6-12-24(17-4-5-17)21(27)18(14)20(26)23-10-7-15(8-11-23)19(25)16-3-2-9-22-13-16/h2-3,6,9,12-13,15,17,19,25H,4-5,7-8,10-11H2,1H3. The molecule has 1 saturated carbocycles. The summed E-state index contributed by atoms with van der Waals surface area (Å²) < 4.78 is 1.71. The number of piperidine rings is 1. The summed E-state index contributed by atoms with van der Waals surface area (Å²) in [6, 6.07) is 5.82. The Morgan fingerprint density at radius 2 is 1.96 bits per heavy atom. The van der Waals surface area contributed by atoms with Crippen LogP contribution in [0.15, 0.2) is 41.6 Å². The number of hydrogen-bond acceptors (Lipinski definition) is 4. The zero-order valence-electron chi connectivity index (χ0n) is 15.5. The van der Waals surface area contributed by atoms with Gasteiger partial charge in [-0.05, 0) is 61.8 Å². The fourth-order valence-corrected chi connectivity index (χ4v) is 3.94. The van der Waals surface area contributed by atoms with Crippen LogP contribution in [-0.2, 0) is 0 Å². The number of likely N-dealkylation sites (tertiary alicyclic amines) is 1. The monoisotopic (exact) mass is 367 g/mol. The molecule has 0 radical (unpaired) electrons. The quantitative estimate of drug-likeness (QED) is 0.901. The summed E-state index contributed by atoms with van der Waals surface area (Å²) >= 11 is 0. The van der Waals surface area contributed by atoms with Gasteiger partial charge in [0.05, 0.1) is 6.10 Å². The molecule has 27 heavy (non-hydrogen) atoms. The zero-order valence-corrected chi connectivity index (χ0v) is 15.5.